The summed E-state index contributed by atoms with van der Waals surface area (Å²) in [6, 6.07) is 9.28. The highest BCUT2D eigenvalue weighted by Crippen LogP contribution is 2.22. The zero-order valence-electron chi connectivity index (χ0n) is 14.6. The van der Waals surface area contributed by atoms with E-state index in [1.165, 1.54) is 5.56 Å². The highest BCUT2D eigenvalue weighted by molar-refractivity contribution is 5.93. The molecule has 0 fully saturated rings. The number of nitrogens with two attached hydrogens (primary N) is 1. The lowest BCUT2D eigenvalue weighted by atomic mass is 9.83. The van der Waals surface area contributed by atoms with Crippen LogP contribution >= 0.6 is 0 Å². The van der Waals surface area contributed by atoms with Crippen molar-refractivity contribution in [3.8, 4) is 6.07 Å². The predicted octanol–water partition coefficient (Wildman–Crippen LogP) is 1.98. The Morgan fingerprint density at radius 1 is 1.25 bits per heavy atom. The number of amides is 2. The highest BCUT2D eigenvalue weighted by atomic mass is 16.2. The number of Topliss-reactive ketones (excluding diaryl/α,β-unsaturated/α-hetero) is 1. The fourth-order valence-corrected chi connectivity index (χ4v) is 2.75. The van der Waals surface area contributed by atoms with Crippen molar-refractivity contribution in [3.05, 3.63) is 35.4 Å². The Balaban J connectivity index is 2.85. The minimum absolute atomic E-state index is 0.240. The van der Waals surface area contributed by atoms with Crippen LogP contribution in [0.4, 0.5) is 4.79 Å². The van der Waals surface area contributed by atoms with E-state index in [0.29, 0.717) is 19.3 Å². The number of carbonyl (C=O) groups is 2. The van der Waals surface area contributed by atoms with E-state index in [-0.39, 0.29) is 12.2 Å². The van der Waals surface area contributed by atoms with Crippen molar-refractivity contribution in [2.24, 2.45) is 5.73 Å². The maximum absolute atomic E-state index is 12.3. The van der Waals surface area contributed by atoms with Gasteiger partial charge in [0.05, 0.1) is 12.5 Å². The quantitative estimate of drug-likeness (QED) is 0.723. The molecule has 1 aromatic carbocycles. The minimum atomic E-state index is -1.08. The second kappa shape index (κ2) is 9.04. The SMILES string of the molecule is CCC(CCc1ccc(CN(C)C)cc1)(NC(N)=O)C(=O)CC#N. The molecule has 2 amide bonds. The van der Waals surface area contributed by atoms with Gasteiger partial charge in [-0.15, -0.1) is 0 Å². The third-order valence-electron chi connectivity index (χ3n) is 4.10. The molecule has 0 saturated carbocycles. The Bertz CT molecular complexity index is 604. The molecule has 0 aromatic heterocycles. The summed E-state index contributed by atoms with van der Waals surface area (Å²) in [7, 11) is 4.03. The summed E-state index contributed by atoms with van der Waals surface area (Å²) in [5, 5.41) is 11.4. The van der Waals surface area contributed by atoms with Crippen molar-refractivity contribution in [1.82, 2.24) is 10.2 Å². The van der Waals surface area contributed by atoms with Gasteiger partial charge in [-0.2, -0.15) is 5.26 Å². The Kier molecular flexibility index (Phi) is 7.40. The van der Waals surface area contributed by atoms with Gasteiger partial charge in [-0.3, -0.25) is 4.79 Å². The zero-order valence-corrected chi connectivity index (χ0v) is 14.6. The molecule has 1 aromatic rings. The van der Waals surface area contributed by atoms with Gasteiger partial charge >= 0.3 is 6.03 Å². The van der Waals surface area contributed by atoms with Crippen LogP contribution in [0.5, 0.6) is 0 Å². The average Bonchev–Trinajstić information content (AvgIpc) is 2.52. The predicted molar refractivity (Wildman–Crippen MR) is 93.1 cm³/mol. The van der Waals surface area contributed by atoms with Gasteiger partial charge < -0.3 is 16.0 Å². The van der Waals surface area contributed by atoms with Gasteiger partial charge in [0.2, 0.25) is 0 Å². The Labute approximate surface area is 143 Å². The first-order valence-electron chi connectivity index (χ1n) is 8.03. The van der Waals surface area contributed by atoms with Crippen LogP contribution in [-0.2, 0) is 17.8 Å². The monoisotopic (exact) mass is 330 g/mol. The number of carbonyl (C=O) groups excluding carboxylic acids is 2. The van der Waals surface area contributed by atoms with E-state index in [2.05, 4.69) is 22.3 Å². The number of benzene rings is 1. The second-order valence-corrected chi connectivity index (χ2v) is 6.24. The van der Waals surface area contributed by atoms with Crippen LogP contribution in [0, 0.1) is 11.3 Å². The number of urea groups is 1. The van der Waals surface area contributed by atoms with Crippen LogP contribution in [0.15, 0.2) is 24.3 Å². The zero-order chi connectivity index (χ0) is 18.2. The first kappa shape index (κ1) is 19.7. The lowest BCUT2D eigenvalue weighted by Crippen LogP contribution is -2.56. The lowest BCUT2D eigenvalue weighted by molar-refractivity contribution is -0.124. The molecule has 6 nitrogen and oxygen atoms in total. The molecule has 0 saturated heterocycles. The smallest absolute Gasteiger partial charge is 0.312 e. The van der Waals surface area contributed by atoms with Crippen LogP contribution in [0.1, 0.15) is 37.3 Å². The van der Waals surface area contributed by atoms with E-state index >= 15 is 0 Å². The number of nitrogens with zero attached hydrogens (tertiary/aromatic N) is 2. The summed E-state index contributed by atoms with van der Waals surface area (Å²) in [6.07, 6.45) is 1.19. The van der Waals surface area contributed by atoms with Crippen LogP contribution in [0.25, 0.3) is 0 Å². The van der Waals surface area contributed by atoms with Crippen LogP contribution in [0.3, 0.4) is 0 Å². The van der Waals surface area contributed by atoms with Crippen LogP contribution < -0.4 is 11.1 Å². The van der Waals surface area contributed by atoms with Crippen molar-refractivity contribution >= 4 is 11.8 Å². The molecule has 1 unspecified atom stereocenters. The molecule has 0 aliphatic rings. The fraction of sp³-hybridized carbons (Fsp3) is 0.500. The molecular weight excluding hydrogens is 304 g/mol. The van der Waals surface area contributed by atoms with Gasteiger partial charge in [0.25, 0.3) is 0 Å². The molecule has 0 bridgehead atoms. The molecule has 6 heteroatoms. The third kappa shape index (κ3) is 5.67. The summed E-state index contributed by atoms with van der Waals surface area (Å²) in [5.74, 6) is -0.296. The van der Waals surface area contributed by atoms with Crippen molar-refractivity contribution < 1.29 is 9.59 Å². The maximum atomic E-state index is 12.3. The first-order valence-corrected chi connectivity index (χ1v) is 8.03. The van der Waals surface area contributed by atoms with Gasteiger partial charge in [0.15, 0.2) is 5.78 Å². The van der Waals surface area contributed by atoms with Crippen LogP contribution in [-0.4, -0.2) is 36.3 Å². The van der Waals surface area contributed by atoms with Crippen LogP contribution in [0.2, 0.25) is 0 Å². The normalized spacial score (nSPS) is 13.1. The number of rotatable bonds is 9. The van der Waals surface area contributed by atoms with E-state index < -0.39 is 11.6 Å². The third-order valence-corrected chi connectivity index (χ3v) is 4.10. The highest BCUT2D eigenvalue weighted by Gasteiger charge is 2.36. The van der Waals surface area contributed by atoms with Crippen molar-refractivity contribution in [1.29, 1.82) is 5.26 Å². The number of nitriles is 1. The Hall–Kier alpha value is -2.39. The van der Waals surface area contributed by atoms with E-state index in [1.807, 2.05) is 39.2 Å². The Morgan fingerprint density at radius 2 is 1.83 bits per heavy atom. The second-order valence-electron chi connectivity index (χ2n) is 6.24. The molecule has 1 rings (SSSR count). The average molecular weight is 330 g/mol. The summed E-state index contributed by atoms with van der Waals surface area (Å²) in [5.41, 5.74) is 6.44. The number of hydrogen-bond acceptors (Lipinski definition) is 4. The molecule has 3 N–H and O–H groups in total. The minimum Gasteiger partial charge on any atom is -0.352 e. The van der Waals surface area contributed by atoms with E-state index in [9.17, 15) is 9.59 Å². The first-order chi connectivity index (χ1) is 11.3. The summed E-state index contributed by atoms with van der Waals surface area (Å²) < 4.78 is 0. The molecule has 0 radical (unpaired) electrons. The van der Waals surface area contributed by atoms with E-state index in [0.717, 1.165) is 12.1 Å². The molecule has 24 heavy (non-hydrogen) atoms. The molecule has 0 heterocycles. The molecule has 0 aliphatic heterocycles. The standard InChI is InChI=1S/C18H26N4O2/c1-4-18(21-17(20)24,16(23)10-12-19)11-9-14-5-7-15(8-6-14)13-22(2)3/h5-8H,4,9-11,13H2,1-3H3,(H3,20,21,24). The van der Waals surface area contributed by atoms with Gasteiger partial charge in [0.1, 0.15) is 5.54 Å². The largest absolute Gasteiger partial charge is 0.352 e. The number of primary amides is 1. The molecule has 1 atom stereocenters. The summed E-state index contributed by atoms with van der Waals surface area (Å²) in [4.78, 5) is 25.7. The Morgan fingerprint density at radius 3 is 2.29 bits per heavy atom. The van der Waals surface area contributed by atoms with Crippen molar-refractivity contribution in [2.75, 3.05) is 14.1 Å². The topological polar surface area (TPSA) is 99.2 Å². The van der Waals surface area contributed by atoms with Gasteiger partial charge in [-0.1, -0.05) is 31.2 Å². The van der Waals surface area contributed by atoms with Crippen molar-refractivity contribution in [3.63, 3.8) is 0 Å². The summed E-state index contributed by atoms with van der Waals surface area (Å²) in [6.45, 7) is 2.68. The summed E-state index contributed by atoms with van der Waals surface area (Å²) >= 11 is 0. The fourth-order valence-electron chi connectivity index (χ4n) is 2.75. The number of hydrogen-bond donors (Lipinski definition) is 2. The molecule has 0 spiro atoms. The molecule has 0 aliphatic carbocycles. The van der Waals surface area contributed by atoms with Gasteiger partial charge in [-0.25, -0.2) is 4.79 Å². The van der Waals surface area contributed by atoms with Gasteiger partial charge in [-0.05, 0) is 44.5 Å². The number of ketones is 1. The van der Waals surface area contributed by atoms with Gasteiger partial charge in [0, 0.05) is 6.54 Å². The molecular formula is C18H26N4O2. The number of nitrogens with one attached hydrogen (secondary N) is 1. The van der Waals surface area contributed by atoms with Crippen molar-refractivity contribution in [2.45, 2.75) is 44.7 Å². The molecule has 130 valence electrons. The lowest BCUT2D eigenvalue weighted by Gasteiger charge is -2.31. The van der Waals surface area contributed by atoms with E-state index in [4.69, 9.17) is 11.0 Å². The number of aryl methyl sites for hydroxylation is 1. The van der Waals surface area contributed by atoms with E-state index in [1.54, 1.807) is 0 Å². The maximum Gasteiger partial charge on any atom is 0.312 e.